The van der Waals surface area contributed by atoms with Gasteiger partial charge in [0.2, 0.25) is 5.91 Å². The van der Waals surface area contributed by atoms with Gasteiger partial charge in [0.25, 0.3) is 0 Å². The third-order valence-electron chi connectivity index (χ3n) is 4.77. The van der Waals surface area contributed by atoms with Gasteiger partial charge in [0.05, 0.1) is 15.8 Å². The van der Waals surface area contributed by atoms with Crippen LogP contribution in [0.3, 0.4) is 0 Å². The zero-order chi connectivity index (χ0) is 18.7. The van der Waals surface area contributed by atoms with Crippen molar-refractivity contribution in [1.82, 2.24) is 10.3 Å². The van der Waals surface area contributed by atoms with Crippen molar-refractivity contribution < 1.29 is 9.53 Å². The minimum absolute atomic E-state index is 0.115. The average Bonchev–Trinajstić information content (AvgIpc) is 3.10. The molecule has 0 aliphatic carbocycles. The van der Waals surface area contributed by atoms with Crippen LogP contribution in [0.1, 0.15) is 23.4 Å². The number of carbonyl (C=O) groups is 1. The molecule has 1 saturated heterocycles. The van der Waals surface area contributed by atoms with Gasteiger partial charge < -0.3 is 10.1 Å². The topological polar surface area (TPSA) is 51.2 Å². The molecule has 3 aromatic rings. The number of carbonyl (C=O) groups excluding carboxylic acids is 1. The summed E-state index contributed by atoms with van der Waals surface area (Å²) in [6, 6.07) is 16.1. The Hall–Kier alpha value is -2.02. The summed E-state index contributed by atoms with van der Waals surface area (Å²) in [4.78, 5) is 17.2. The fourth-order valence-corrected chi connectivity index (χ4v) is 4.65. The van der Waals surface area contributed by atoms with Crippen molar-refractivity contribution in [2.24, 2.45) is 0 Å². The summed E-state index contributed by atoms with van der Waals surface area (Å²) < 4.78 is 7.65. The van der Waals surface area contributed by atoms with E-state index in [9.17, 15) is 4.79 Å². The summed E-state index contributed by atoms with van der Waals surface area (Å²) in [7, 11) is 0. The molecule has 0 radical (unpaired) electrons. The number of hydrogen-bond donors (Lipinski definition) is 1. The Balaban J connectivity index is 1.54. The lowest BCUT2D eigenvalue weighted by Gasteiger charge is -2.38. The van der Waals surface area contributed by atoms with Gasteiger partial charge in [-0.2, -0.15) is 0 Å². The number of para-hydroxylation sites is 1. The molecule has 0 atom stereocenters. The van der Waals surface area contributed by atoms with E-state index in [4.69, 9.17) is 4.74 Å². The highest BCUT2D eigenvalue weighted by atomic mass is 79.9. The van der Waals surface area contributed by atoms with Crippen LogP contribution in [0.15, 0.2) is 59.1 Å². The van der Waals surface area contributed by atoms with Gasteiger partial charge >= 0.3 is 0 Å². The van der Waals surface area contributed by atoms with E-state index in [1.165, 1.54) is 0 Å². The number of thiazole rings is 1. The van der Waals surface area contributed by atoms with Gasteiger partial charge in [-0.3, -0.25) is 4.79 Å². The predicted molar refractivity (Wildman–Crippen MR) is 113 cm³/mol. The van der Waals surface area contributed by atoms with Crippen LogP contribution in [0.4, 0.5) is 0 Å². The Kier molecular flexibility index (Phi) is 5.38. The summed E-state index contributed by atoms with van der Waals surface area (Å²) in [5.74, 6) is -0.115. The lowest BCUT2D eigenvalue weighted by atomic mass is 9.82. The fourth-order valence-electron chi connectivity index (χ4n) is 3.38. The van der Waals surface area contributed by atoms with Gasteiger partial charge in [0.1, 0.15) is 5.01 Å². The number of amides is 1. The summed E-state index contributed by atoms with van der Waals surface area (Å²) in [5.41, 5.74) is 1.65. The number of rotatable bonds is 4. The summed E-state index contributed by atoms with van der Waals surface area (Å²) in [6.07, 6.45) is 4.87. The van der Waals surface area contributed by atoms with Crippen molar-refractivity contribution in [3.63, 3.8) is 0 Å². The van der Waals surface area contributed by atoms with E-state index in [-0.39, 0.29) is 5.91 Å². The third-order valence-corrected chi connectivity index (χ3v) is 6.27. The largest absolute Gasteiger partial charge is 0.381 e. The molecule has 1 aromatic heterocycles. The Morgan fingerprint density at radius 1 is 1.19 bits per heavy atom. The van der Waals surface area contributed by atoms with Gasteiger partial charge in [-0.05, 0) is 48.7 Å². The van der Waals surface area contributed by atoms with Gasteiger partial charge in [0.15, 0.2) is 0 Å². The molecule has 1 fully saturated rings. The number of fused-ring (bicyclic) bond motifs is 1. The summed E-state index contributed by atoms with van der Waals surface area (Å²) >= 11 is 5.11. The number of benzene rings is 2. The maximum atomic E-state index is 12.7. The van der Waals surface area contributed by atoms with E-state index in [1.807, 2.05) is 36.4 Å². The van der Waals surface area contributed by atoms with E-state index >= 15 is 0 Å². The van der Waals surface area contributed by atoms with E-state index in [0.29, 0.717) is 13.2 Å². The molecule has 1 aliphatic heterocycles. The van der Waals surface area contributed by atoms with Gasteiger partial charge in [0, 0.05) is 23.8 Å². The molecule has 0 unspecified atom stereocenters. The molecule has 0 saturated carbocycles. The van der Waals surface area contributed by atoms with Crippen LogP contribution in [-0.4, -0.2) is 24.1 Å². The molecule has 1 amide bonds. The molecule has 0 bridgehead atoms. The Bertz CT molecular complexity index is 960. The first-order chi connectivity index (χ1) is 13.1. The standard InChI is InChI=1S/C21H19BrN2O2S/c22-16-5-3-4-15(14-16)21(10-12-26-13-11-21)24-19(25)8-9-20-23-17-6-1-2-7-18(17)27-20/h1-9,14H,10-13H2,(H,24,25)/b9-8+. The monoisotopic (exact) mass is 442 g/mol. The molecule has 4 rings (SSSR count). The van der Waals surface area contributed by atoms with Crippen molar-refractivity contribution in [2.75, 3.05) is 13.2 Å². The van der Waals surface area contributed by atoms with E-state index in [1.54, 1.807) is 23.5 Å². The smallest absolute Gasteiger partial charge is 0.244 e. The second kappa shape index (κ2) is 7.92. The first-order valence-corrected chi connectivity index (χ1v) is 10.5. The highest BCUT2D eigenvalue weighted by Gasteiger charge is 2.35. The van der Waals surface area contributed by atoms with Crippen LogP contribution in [-0.2, 0) is 15.1 Å². The van der Waals surface area contributed by atoms with Crippen LogP contribution in [0.25, 0.3) is 16.3 Å². The van der Waals surface area contributed by atoms with Crippen molar-refractivity contribution in [2.45, 2.75) is 18.4 Å². The second-order valence-corrected chi connectivity index (χ2v) is 8.53. The zero-order valence-corrected chi connectivity index (χ0v) is 17.1. The van der Waals surface area contributed by atoms with Crippen LogP contribution < -0.4 is 5.32 Å². The SMILES string of the molecule is O=C(/C=C/c1nc2ccccc2s1)NC1(c2cccc(Br)c2)CCOCC1. The number of aromatic nitrogens is 1. The Morgan fingerprint density at radius 3 is 2.78 bits per heavy atom. The maximum Gasteiger partial charge on any atom is 0.244 e. The first-order valence-electron chi connectivity index (χ1n) is 8.84. The zero-order valence-electron chi connectivity index (χ0n) is 14.7. The van der Waals surface area contributed by atoms with Crippen LogP contribution in [0, 0.1) is 0 Å². The molecule has 6 heteroatoms. The van der Waals surface area contributed by atoms with E-state index < -0.39 is 5.54 Å². The van der Waals surface area contributed by atoms with Crippen LogP contribution in [0.5, 0.6) is 0 Å². The Morgan fingerprint density at radius 2 is 2.00 bits per heavy atom. The summed E-state index contributed by atoms with van der Waals surface area (Å²) in [6.45, 7) is 1.27. The third kappa shape index (κ3) is 4.13. The minimum Gasteiger partial charge on any atom is -0.381 e. The fraction of sp³-hybridized carbons (Fsp3) is 0.238. The van der Waals surface area contributed by atoms with Crippen LogP contribution >= 0.6 is 27.3 Å². The van der Waals surface area contributed by atoms with E-state index in [2.05, 4.69) is 38.4 Å². The first kappa shape index (κ1) is 18.3. The number of nitrogens with one attached hydrogen (secondary N) is 1. The molecule has 2 heterocycles. The van der Waals surface area contributed by atoms with Gasteiger partial charge in [-0.1, -0.05) is 40.2 Å². The predicted octanol–water partition coefficient (Wildman–Crippen LogP) is 4.89. The van der Waals surface area contributed by atoms with Crippen molar-refractivity contribution >= 4 is 49.5 Å². The molecular weight excluding hydrogens is 424 g/mol. The number of ether oxygens (including phenoxy) is 1. The molecule has 138 valence electrons. The number of hydrogen-bond acceptors (Lipinski definition) is 4. The van der Waals surface area contributed by atoms with E-state index in [0.717, 1.165) is 38.1 Å². The quantitative estimate of drug-likeness (QED) is 0.584. The molecule has 27 heavy (non-hydrogen) atoms. The van der Waals surface area contributed by atoms with Gasteiger partial charge in [-0.25, -0.2) is 4.98 Å². The molecule has 1 N–H and O–H groups in total. The number of nitrogens with zero attached hydrogens (tertiary/aromatic N) is 1. The summed E-state index contributed by atoms with van der Waals surface area (Å²) in [5, 5.41) is 4.06. The molecule has 2 aromatic carbocycles. The highest BCUT2D eigenvalue weighted by molar-refractivity contribution is 9.10. The molecular formula is C21H19BrN2O2S. The normalized spacial score (nSPS) is 16.6. The maximum absolute atomic E-state index is 12.7. The van der Waals surface area contributed by atoms with Crippen molar-refractivity contribution in [3.8, 4) is 0 Å². The molecule has 0 spiro atoms. The van der Waals surface area contributed by atoms with Crippen molar-refractivity contribution in [3.05, 3.63) is 69.7 Å². The van der Waals surface area contributed by atoms with Crippen molar-refractivity contribution in [1.29, 1.82) is 0 Å². The Labute approximate surface area is 170 Å². The van der Waals surface area contributed by atoms with Gasteiger partial charge in [-0.15, -0.1) is 11.3 Å². The average molecular weight is 443 g/mol. The van der Waals surface area contributed by atoms with Crippen LogP contribution in [0.2, 0.25) is 0 Å². The number of halogens is 1. The minimum atomic E-state index is -0.406. The molecule has 4 nitrogen and oxygen atoms in total. The highest BCUT2D eigenvalue weighted by Crippen LogP contribution is 2.33. The lowest BCUT2D eigenvalue weighted by molar-refractivity contribution is -0.119. The molecule has 1 aliphatic rings. The lowest BCUT2D eigenvalue weighted by Crippen LogP contribution is -2.49. The second-order valence-electron chi connectivity index (χ2n) is 6.55.